The van der Waals surface area contributed by atoms with Crippen molar-refractivity contribution in [2.45, 2.75) is 102 Å². The Morgan fingerprint density at radius 3 is 2.18 bits per heavy atom. The second-order valence-corrected chi connectivity index (χ2v) is 8.90. The first-order chi connectivity index (χ1) is 13.2. The lowest BCUT2D eigenvalue weighted by atomic mass is 9.95. The third kappa shape index (κ3) is 6.38. The third-order valence-corrected chi connectivity index (χ3v) is 5.32. The van der Waals surface area contributed by atoms with Crippen LogP contribution in [0.25, 0.3) is 0 Å². The standard InChI is InChI=1S/C23H34O5/c1-22(2)25-18(12-8-11-17-9-6-5-7-10-17)13-19(26-22)14-20-15-21(16-24)28-23(3,4)27-20/h5-7,9-10,16,18-21H,8,11-15H2,1-4H3/t18-,19+,20+,21+/m0/s1. The van der Waals surface area contributed by atoms with Crippen LogP contribution in [0.15, 0.2) is 30.3 Å². The Labute approximate surface area is 168 Å². The Balaban J connectivity index is 1.53. The smallest absolute Gasteiger partial charge is 0.164 e. The van der Waals surface area contributed by atoms with Gasteiger partial charge in [-0.1, -0.05) is 30.3 Å². The third-order valence-electron chi connectivity index (χ3n) is 5.32. The molecule has 4 atom stereocenters. The summed E-state index contributed by atoms with van der Waals surface area (Å²) in [5.41, 5.74) is 1.36. The highest BCUT2D eigenvalue weighted by atomic mass is 16.7. The van der Waals surface area contributed by atoms with E-state index < -0.39 is 17.7 Å². The van der Waals surface area contributed by atoms with Crippen LogP contribution in [0, 0.1) is 0 Å². The lowest BCUT2D eigenvalue weighted by Crippen LogP contribution is -2.49. The highest BCUT2D eigenvalue weighted by Crippen LogP contribution is 2.35. The molecule has 3 rings (SSSR count). The van der Waals surface area contributed by atoms with E-state index in [0.717, 1.165) is 38.4 Å². The van der Waals surface area contributed by atoms with Gasteiger partial charge in [0.15, 0.2) is 11.6 Å². The van der Waals surface area contributed by atoms with Crippen LogP contribution >= 0.6 is 0 Å². The zero-order valence-corrected chi connectivity index (χ0v) is 17.6. The van der Waals surface area contributed by atoms with Crippen molar-refractivity contribution in [2.24, 2.45) is 0 Å². The molecule has 0 bridgehead atoms. The molecule has 2 aliphatic rings. The summed E-state index contributed by atoms with van der Waals surface area (Å²) in [6.07, 6.45) is 5.97. The largest absolute Gasteiger partial charge is 0.347 e. The number of aldehydes is 1. The van der Waals surface area contributed by atoms with Gasteiger partial charge in [0.25, 0.3) is 0 Å². The van der Waals surface area contributed by atoms with Gasteiger partial charge in [-0.05, 0) is 52.5 Å². The van der Waals surface area contributed by atoms with E-state index in [2.05, 4.69) is 24.3 Å². The van der Waals surface area contributed by atoms with E-state index in [4.69, 9.17) is 18.9 Å². The molecule has 2 fully saturated rings. The van der Waals surface area contributed by atoms with E-state index in [1.54, 1.807) is 0 Å². The summed E-state index contributed by atoms with van der Waals surface area (Å²) < 4.78 is 24.0. The van der Waals surface area contributed by atoms with Crippen LogP contribution in [-0.4, -0.2) is 42.3 Å². The van der Waals surface area contributed by atoms with E-state index in [0.29, 0.717) is 6.42 Å². The van der Waals surface area contributed by atoms with Crippen molar-refractivity contribution in [1.29, 1.82) is 0 Å². The second-order valence-electron chi connectivity index (χ2n) is 8.90. The predicted octanol–water partition coefficient (Wildman–Crippen LogP) is 4.42. The van der Waals surface area contributed by atoms with Gasteiger partial charge in [-0.15, -0.1) is 0 Å². The Morgan fingerprint density at radius 2 is 1.50 bits per heavy atom. The minimum Gasteiger partial charge on any atom is -0.347 e. The van der Waals surface area contributed by atoms with Crippen LogP contribution in [0.4, 0.5) is 0 Å². The fourth-order valence-electron chi connectivity index (χ4n) is 4.39. The molecule has 0 radical (unpaired) electrons. The fourth-order valence-corrected chi connectivity index (χ4v) is 4.39. The van der Waals surface area contributed by atoms with Crippen molar-refractivity contribution in [3.05, 3.63) is 35.9 Å². The molecule has 0 amide bonds. The molecule has 0 spiro atoms. The molecule has 28 heavy (non-hydrogen) atoms. The molecule has 1 aromatic carbocycles. The highest BCUT2D eigenvalue weighted by molar-refractivity contribution is 5.56. The van der Waals surface area contributed by atoms with Crippen LogP contribution in [0.2, 0.25) is 0 Å². The normalized spacial score (nSPS) is 32.0. The highest BCUT2D eigenvalue weighted by Gasteiger charge is 2.40. The molecule has 0 aromatic heterocycles. The number of aryl methyl sites for hydroxylation is 1. The maximum Gasteiger partial charge on any atom is 0.164 e. The lowest BCUT2D eigenvalue weighted by molar-refractivity contribution is -0.321. The first-order valence-corrected chi connectivity index (χ1v) is 10.5. The molecule has 0 saturated carbocycles. The molecule has 0 unspecified atom stereocenters. The number of hydrogen-bond donors (Lipinski definition) is 0. The van der Waals surface area contributed by atoms with E-state index in [1.807, 2.05) is 33.8 Å². The van der Waals surface area contributed by atoms with Crippen molar-refractivity contribution in [3.8, 4) is 0 Å². The van der Waals surface area contributed by atoms with E-state index >= 15 is 0 Å². The fraction of sp³-hybridized carbons (Fsp3) is 0.696. The summed E-state index contributed by atoms with van der Waals surface area (Å²) in [6.45, 7) is 7.67. The SMILES string of the molecule is CC1(C)O[C@@H](C[C@@H]2C[C@H](C=O)OC(C)(C)O2)C[C@H](CCCc2ccccc2)O1. The zero-order chi connectivity index (χ0) is 20.2. The molecule has 0 aliphatic carbocycles. The van der Waals surface area contributed by atoms with Crippen molar-refractivity contribution in [3.63, 3.8) is 0 Å². The molecule has 2 aliphatic heterocycles. The van der Waals surface area contributed by atoms with E-state index in [1.165, 1.54) is 5.56 Å². The molecular formula is C23H34O5. The molecule has 5 nitrogen and oxygen atoms in total. The van der Waals surface area contributed by atoms with Crippen LogP contribution in [0.5, 0.6) is 0 Å². The van der Waals surface area contributed by atoms with Gasteiger partial charge in [0.2, 0.25) is 0 Å². The van der Waals surface area contributed by atoms with Crippen LogP contribution < -0.4 is 0 Å². The minimum absolute atomic E-state index is 0.0525. The summed E-state index contributed by atoms with van der Waals surface area (Å²) in [5.74, 6) is -1.35. The molecule has 5 heteroatoms. The molecule has 2 saturated heterocycles. The zero-order valence-electron chi connectivity index (χ0n) is 17.6. The molecule has 1 aromatic rings. The average Bonchev–Trinajstić information content (AvgIpc) is 2.60. The number of hydrogen-bond acceptors (Lipinski definition) is 5. The Morgan fingerprint density at radius 1 is 0.893 bits per heavy atom. The maximum atomic E-state index is 11.2. The number of rotatable bonds is 7. The van der Waals surface area contributed by atoms with Gasteiger partial charge in [-0.25, -0.2) is 0 Å². The van der Waals surface area contributed by atoms with Gasteiger partial charge < -0.3 is 23.7 Å². The summed E-state index contributed by atoms with van der Waals surface area (Å²) in [6, 6.07) is 10.6. The average molecular weight is 391 g/mol. The predicted molar refractivity (Wildman–Crippen MR) is 107 cm³/mol. The van der Waals surface area contributed by atoms with E-state index in [-0.39, 0.29) is 18.3 Å². The van der Waals surface area contributed by atoms with Crippen molar-refractivity contribution >= 4 is 6.29 Å². The number of benzene rings is 1. The van der Waals surface area contributed by atoms with Crippen LogP contribution in [-0.2, 0) is 30.2 Å². The van der Waals surface area contributed by atoms with Gasteiger partial charge >= 0.3 is 0 Å². The Kier molecular flexibility index (Phi) is 6.92. The summed E-state index contributed by atoms with van der Waals surface area (Å²) in [5, 5.41) is 0. The van der Waals surface area contributed by atoms with Crippen LogP contribution in [0.1, 0.15) is 65.4 Å². The number of carbonyl (C=O) groups excluding carboxylic acids is 1. The number of carbonyl (C=O) groups is 1. The molecule has 2 heterocycles. The monoisotopic (exact) mass is 390 g/mol. The van der Waals surface area contributed by atoms with E-state index in [9.17, 15) is 4.79 Å². The summed E-state index contributed by atoms with van der Waals surface area (Å²) >= 11 is 0. The van der Waals surface area contributed by atoms with Gasteiger partial charge in [-0.3, -0.25) is 0 Å². The minimum atomic E-state index is -0.746. The van der Waals surface area contributed by atoms with Gasteiger partial charge in [0, 0.05) is 19.3 Å². The molecule has 0 N–H and O–H groups in total. The Bertz CT molecular complexity index is 627. The summed E-state index contributed by atoms with van der Waals surface area (Å²) in [4.78, 5) is 11.2. The Hall–Kier alpha value is -1.27. The topological polar surface area (TPSA) is 54.0 Å². The lowest BCUT2D eigenvalue weighted by Gasteiger charge is -2.44. The van der Waals surface area contributed by atoms with Crippen LogP contribution in [0.3, 0.4) is 0 Å². The first kappa shape index (κ1) is 21.4. The molecular weight excluding hydrogens is 356 g/mol. The first-order valence-electron chi connectivity index (χ1n) is 10.5. The quantitative estimate of drug-likeness (QED) is 0.645. The van der Waals surface area contributed by atoms with Gasteiger partial charge in [0.1, 0.15) is 12.4 Å². The second kappa shape index (κ2) is 9.04. The molecule has 156 valence electrons. The van der Waals surface area contributed by atoms with Crippen molar-refractivity contribution < 1.29 is 23.7 Å². The van der Waals surface area contributed by atoms with Crippen molar-refractivity contribution in [1.82, 2.24) is 0 Å². The van der Waals surface area contributed by atoms with Gasteiger partial charge in [-0.2, -0.15) is 0 Å². The maximum absolute atomic E-state index is 11.2. The van der Waals surface area contributed by atoms with Crippen molar-refractivity contribution in [2.75, 3.05) is 0 Å². The summed E-state index contributed by atoms with van der Waals surface area (Å²) in [7, 11) is 0. The van der Waals surface area contributed by atoms with Gasteiger partial charge in [0.05, 0.1) is 18.3 Å². The number of ether oxygens (including phenoxy) is 4.